The van der Waals surface area contributed by atoms with Crippen molar-refractivity contribution in [2.75, 3.05) is 12.8 Å². The van der Waals surface area contributed by atoms with Crippen LogP contribution in [0.5, 0.6) is 0 Å². The maximum absolute atomic E-state index is 12.3. The number of amides is 1. The number of halogens is 2. The average molecular weight is 327 g/mol. The number of rotatable bonds is 4. The molecular weight excluding hydrogens is 311 g/mol. The molecule has 2 aromatic rings. The Morgan fingerprint density at radius 2 is 2.14 bits per heavy atom. The van der Waals surface area contributed by atoms with Gasteiger partial charge >= 0.3 is 0 Å². The van der Waals surface area contributed by atoms with E-state index in [9.17, 15) is 4.79 Å². The van der Waals surface area contributed by atoms with Crippen LogP contribution in [0.25, 0.3) is 0 Å². The van der Waals surface area contributed by atoms with E-state index in [1.165, 1.54) is 4.68 Å². The van der Waals surface area contributed by atoms with Crippen LogP contribution in [0.1, 0.15) is 18.5 Å². The molecule has 0 radical (unpaired) electrons. The molecule has 2 rings (SSSR count). The number of aromatic nitrogens is 2. The molecule has 0 saturated heterocycles. The number of anilines is 1. The summed E-state index contributed by atoms with van der Waals surface area (Å²) >= 11 is 12.1. The molecule has 1 heterocycles. The minimum absolute atomic E-state index is 0.0865. The van der Waals surface area contributed by atoms with Crippen molar-refractivity contribution in [3.63, 3.8) is 0 Å². The minimum atomic E-state index is -0.171. The van der Waals surface area contributed by atoms with Crippen molar-refractivity contribution in [2.45, 2.75) is 19.5 Å². The summed E-state index contributed by atoms with van der Waals surface area (Å²) in [6.45, 7) is 2.04. The molecule has 2 N–H and O–H groups in total. The zero-order valence-corrected chi connectivity index (χ0v) is 13.3. The molecule has 112 valence electrons. The summed E-state index contributed by atoms with van der Waals surface area (Å²) in [6.07, 6.45) is 1.67. The molecule has 0 fully saturated rings. The lowest BCUT2D eigenvalue weighted by Gasteiger charge is -2.26. The topological polar surface area (TPSA) is 64.2 Å². The molecule has 5 nitrogen and oxygen atoms in total. The molecule has 21 heavy (non-hydrogen) atoms. The van der Waals surface area contributed by atoms with E-state index in [-0.39, 0.29) is 18.5 Å². The number of nitrogen functional groups attached to an aromatic ring is 1. The molecule has 1 aromatic carbocycles. The van der Waals surface area contributed by atoms with Gasteiger partial charge in [-0.3, -0.25) is 9.48 Å². The standard InChI is InChI=1S/C14H16Cl2N4O/c1-9(11-4-3-10(15)7-12(11)16)19(2)14(21)8-20-6-5-13(17)18-20/h3-7,9H,8H2,1-2H3,(H2,17,18). The highest BCUT2D eigenvalue weighted by molar-refractivity contribution is 6.35. The zero-order valence-electron chi connectivity index (χ0n) is 11.8. The smallest absolute Gasteiger partial charge is 0.244 e. The second-order valence-electron chi connectivity index (χ2n) is 4.78. The van der Waals surface area contributed by atoms with Crippen LogP contribution >= 0.6 is 23.2 Å². The van der Waals surface area contributed by atoms with Crippen molar-refractivity contribution >= 4 is 34.9 Å². The number of hydrogen-bond acceptors (Lipinski definition) is 3. The Bertz CT molecular complexity index is 656. The summed E-state index contributed by atoms with van der Waals surface area (Å²) in [5.41, 5.74) is 6.37. The van der Waals surface area contributed by atoms with Gasteiger partial charge in [0.15, 0.2) is 0 Å². The van der Waals surface area contributed by atoms with Crippen molar-refractivity contribution in [2.24, 2.45) is 0 Å². The summed E-state index contributed by atoms with van der Waals surface area (Å²) in [7, 11) is 1.73. The van der Waals surface area contributed by atoms with Gasteiger partial charge in [-0.1, -0.05) is 29.3 Å². The Balaban J connectivity index is 2.10. The molecule has 1 atom stereocenters. The third kappa shape index (κ3) is 3.68. The summed E-state index contributed by atoms with van der Waals surface area (Å²) in [5.74, 6) is 0.302. The minimum Gasteiger partial charge on any atom is -0.382 e. The molecule has 1 unspecified atom stereocenters. The van der Waals surface area contributed by atoms with Gasteiger partial charge in [0.05, 0.1) is 6.04 Å². The van der Waals surface area contributed by atoms with Crippen LogP contribution < -0.4 is 5.73 Å². The fourth-order valence-corrected chi connectivity index (χ4v) is 2.55. The summed E-state index contributed by atoms with van der Waals surface area (Å²) in [4.78, 5) is 13.9. The first-order chi connectivity index (χ1) is 9.88. The van der Waals surface area contributed by atoms with Crippen molar-refractivity contribution in [3.05, 3.63) is 46.1 Å². The van der Waals surface area contributed by atoms with Gasteiger partial charge in [-0.2, -0.15) is 5.10 Å². The van der Waals surface area contributed by atoms with Crippen LogP contribution in [0.4, 0.5) is 5.82 Å². The third-order valence-corrected chi connectivity index (χ3v) is 3.91. The van der Waals surface area contributed by atoms with E-state index < -0.39 is 0 Å². The van der Waals surface area contributed by atoms with E-state index in [2.05, 4.69) is 5.10 Å². The van der Waals surface area contributed by atoms with Crippen molar-refractivity contribution in [1.29, 1.82) is 0 Å². The first-order valence-electron chi connectivity index (χ1n) is 6.38. The fraction of sp³-hybridized carbons (Fsp3) is 0.286. The van der Waals surface area contributed by atoms with Crippen molar-refractivity contribution in [1.82, 2.24) is 14.7 Å². The summed E-state index contributed by atoms with van der Waals surface area (Å²) in [5, 5.41) is 5.10. The lowest BCUT2D eigenvalue weighted by Crippen LogP contribution is -2.32. The van der Waals surface area contributed by atoms with Gasteiger partial charge in [-0.25, -0.2) is 0 Å². The highest BCUT2D eigenvalue weighted by Crippen LogP contribution is 2.29. The number of carbonyl (C=O) groups excluding carboxylic acids is 1. The third-order valence-electron chi connectivity index (χ3n) is 3.35. The summed E-state index contributed by atoms with van der Waals surface area (Å²) in [6, 6.07) is 6.72. The molecule has 0 aliphatic rings. The van der Waals surface area contributed by atoms with Gasteiger partial charge in [0.2, 0.25) is 5.91 Å². The Morgan fingerprint density at radius 1 is 1.43 bits per heavy atom. The quantitative estimate of drug-likeness (QED) is 0.939. The van der Waals surface area contributed by atoms with Gasteiger partial charge in [-0.05, 0) is 30.7 Å². The molecule has 7 heteroatoms. The Kier molecular flexibility index (Phi) is 4.75. The molecule has 0 saturated carbocycles. The second-order valence-corrected chi connectivity index (χ2v) is 5.63. The van der Waals surface area contributed by atoms with E-state index in [4.69, 9.17) is 28.9 Å². The van der Waals surface area contributed by atoms with E-state index in [1.807, 2.05) is 13.0 Å². The molecular formula is C14H16Cl2N4O. The number of hydrogen-bond donors (Lipinski definition) is 1. The lowest BCUT2D eigenvalue weighted by atomic mass is 10.1. The normalized spacial score (nSPS) is 12.2. The van der Waals surface area contributed by atoms with Crippen LogP contribution in [-0.4, -0.2) is 27.6 Å². The fourth-order valence-electron chi connectivity index (χ4n) is 1.98. The molecule has 1 aromatic heterocycles. The van der Waals surface area contributed by atoms with E-state index in [1.54, 1.807) is 36.3 Å². The number of nitrogens with zero attached hydrogens (tertiary/aromatic N) is 3. The van der Waals surface area contributed by atoms with Gasteiger partial charge in [0.25, 0.3) is 0 Å². The molecule has 0 bridgehead atoms. The molecule has 0 spiro atoms. The highest BCUT2D eigenvalue weighted by Gasteiger charge is 2.20. The predicted octanol–water partition coefficient (Wildman–Crippen LogP) is 2.99. The largest absolute Gasteiger partial charge is 0.382 e. The predicted molar refractivity (Wildman–Crippen MR) is 84.3 cm³/mol. The van der Waals surface area contributed by atoms with E-state index >= 15 is 0 Å². The number of nitrogens with two attached hydrogens (primary N) is 1. The summed E-state index contributed by atoms with van der Waals surface area (Å²) < 4.78 is 1.50. The van der Waals surface area contributed by atoms with E-state index in [0.717, 1.165) is 5.56 Å². The first-order valence-corrected chi connectivity index (χ1v) is 7.13. The number of benzene rings is 1. The molecule has 0 aliphatic heterocycles. The first kappa shape index (κ1) is 15.7. The van der Waals surface area contributed by atoms with Gasteiger partial charge < -0.3 is 10.6 Å². The Hall–Kier alpha value is -1.72. The Labute approximate surface area is 133 Å². The Morgan fingerprint density at radius 3 is 2.71 bits per heavy atom. The molecule has 1 amide bonds. The van der Waals surface area contributed by atoms with Crippen LogP contribution in [0.15, 0.2) is 30.5 Å². The van der Waals surface area contributed by atoms with Gasteiger partial charge in [-0.15, -0.1) is 0 Å². The van der Waals surface area contributed by atoms with Crippen molar-refractivity contribution in [3.8, 4) is 0 Å². The van der Waals surface area contributed by atoms with Crippen molar-refractivity contribution < 1.29 is 4.79 Å². The maximum Gasteiger partial charge on any atom is 0.244 e. The maximum atomic E-state index is 12.3. The second kappa shape index (κ2) is 6.37. The number of likely N-dealkylation sites (N-methyl/N-ethyl adjacent to an activating group) is 1. The SMILES string of the molecule is CC(c1ccc(Cl)cc1Cl)N(C)C(=O)Cn1ccc(N)n1. The van der Waals surface area contributed by atoms with E-state index in [0.29, 0.717) is 15.9 Å². The molecule has 0 aliphatic carbocycles. The average Bonchev–Trinajstić information content (AvgIpc) is 2.82. The van der Waals surface area contributed by atoms with Crippen LogP contribution in [-0.2, 0) is 11.3 Å². The monoisotopic (exact) mass is 326 g/mol. The van der Waals surface area contributed by atoms with Crippen LogP contribution in [0.2, 0.25) is 10.0 Å². The lowest BCUT2D eigenvalue weighted by molar-refractivity contribution is -0.132. The highest BCUT2D eigenvalue weighted by atomic mass is 35.5. The van der Waals surface area contributed by atoms with Gasteiger partial charge in [0.1, 0.15) is 12.4 Å². The van der Waals surface area contributed by atoms with Crippen LogP contribution in [0, 0.1) is 0 Å². The zero-order chi connectivity index (χ0) is 15.6. The van der Waals surface area contributed by atoms with Crippen LogP contribution in [0.3, 0.4) is 0 Å². The van der Waals surface area contributed by atoms with Gasteiger partial charge in [0, 0.05) is 23.3 Å². The number of carbonyl (C=O) groups is 1.